The highest BCUT2D eigenvalue weighted by molar-refractivity contribution is 6.06. The Kier molecular flexibility index (Phi) is 5.92. The van der Waals surface area contributed by atoms with E-state index in [4.69, 9.17) is 9.47 Å². The largest absolute Gasteiger partial charge is 0.459 e. The zero-order valence-corrected chi connectivity index (χ0v) is 16.6. The van der Waals surface area contributed by atoms with Gasteiger partial charge in [0, 0.05) is 29.8 Å². The number of rotatable bonds is 6. The molecule has 0 unspecified atom stereocenters. The van der Waals surface area contributed by atoms with Gasteiger partial charge in [0.25, 0.3) is 5.91 Å². The molecule has 2 aromatic heterocycles. The molecule has 0 aliphatic heterocycles. The summed E-state index contributed by atoms with van der Waals surface area (Å²) >= 11 is 0. The van der Waals surface area contributed by atoms with E-state index in [-0.39, 0.29) is 12.0 Å². The van der Waals surface area contributed by atoms with Crippen LogP contribution in [0.25, 0.3) is 0 Å². The van der Waals surface area contributed by atoms with Crippen LogP contribution in [0.5, 0.6) is 11.6 Å². The van der Waals surface area contributed by atoms with Crippen molar-refractivity contribution >= 4 is 17.6 Å². The molecule has 0 saturated carbocycles. The molecule has 2 N–H and O–H groups in total. The minimum absolute atomic E-state index is 0.245. The number of ether oxygens (including phenoxy) is 2. The van der Waals surface area contributed by atoms with Crippen LogP contribution in [0.2, 0.25) is 0 Å². The third-order valence-corrected chi connectivity index (χ3v) is 4.07. The number of aromatic amines is 1. The normalized spacial score (nSPS) is 10.7. The van der Waals surface area contributed by atoms with Crippen molar-refractivity contribution < 1.29 is 19.1 Å². The Morgan fingerprint density at radius 2 is 1.97 bits per heavy atom. The second-order valence-electron chi connectivity index (χ2n) is 6.71. The Morgan fingerprint density at radius 1 is 1.17 bits per heavy atom. The van der Waals surface area contributed by atoms with E-state index in [2.05, 4.69) is 20.3 Å². The van der Waals surface area contributed by atoms with Crippen LogP contribution in [0.15, 0.2) is 42.9 Å². The summed E-state index contributed by atoms with van der Waals surface area (Å²) in [7, 11) is 0. The third kappa shape index (κ3) is 4.78. The lowest BCUT2D eigenvalue weighted by atomic mass is 10.1. The third-order valence-electron chi connectivity index (χ3n) is 4.07. The number of H-pyrrole nitrogens is 1. The maximum Gasteiger partial charge on any atom is 0.340 e. The van der Waals surface area contributed by atoms with Crippen molar-refractivity contribution in [1.29, 1.82) is 0 Å². The molecule has 29 heavy (non-hydrogen) atoms. The molecule has 8 nitrogen and oxygen atoms in total. The monoisotopic (exact) mass is 394 g/mol. The molecule has 2 heterocycles. The van der Waals surface area contributed by atoms with E-state index >= 15 is 0 Å². The van der Waals surface area contributed by atoms with Gasteiger partial charge in [0.05, 0.1) is 17.9 Å². The second kappa shape index (κ2) is 8.55. The van der Waals surface area contributed by atoms with Gasteiger partial charge in [-0.05, 0) is 45.4 Å². The molecular formula is C21H22N4O4. The van der Waals surface area contributed by atoms with Crippen molar-refractivity contribution in [2.75, 3.05) is 5.32 Å². The smallest absolute Gasteiger partial charge is 0.340 e. The number of aryl methyl sites for hydroxylation is 1. The molecule has 0 atom stereocenters. The van der Waals surface area contributed by atoms with Gasteiger partial charge in [-0.2, -0.15) is 0 Å². The van der Waals surface area contributed by atoms with Crippen LogP contribution in [-0.4, -0.2) is 32.9 Å². The quantitative estimate of drug-likeness (QED) is 0.612. The number of hydrogen-bond donors (Lipinski definition) is 2. The Balaban J connectivity index is 1.77. The lowest BCUT2D eigenvalue weighted by molar-refractivity contribution is 0.0376. The lowest BCUT2D eigenvalue weighted by Crippen LogP contribution is -2.15. The van der Waals surface area contributed by atoms with Crippen LogP contribution >= 0.6 is 0 Å². The first-order chi connectivity index (χ1) is 13.8. The number of amides is 1. The topological polar surface area (TPSA) is 106 Å². The van der Waals surface area contributed by atoms with Gasteiger partial charge in [0.2, 0.25) is 5.88 Å². The number of nitrogens with one attached hydrogen (secondary N) is 2. The molecule has 0 aliphatic carbocycles. The molecule has 1 amide bonds. The first-order valence-electron chi connectivity index (χ1n) is 9.10. The average molecular weight is 394 g/mol. The highest BCUT2D eigenvalue weighted by Crippen LogP contribution is 2.24. The maximum atomic E-state index is 12.8. The Morgan fingerprint density at radius 3 is 2.66 bits per heavy atom. The minimum atomic E-state index is -0.454. The number of carbonyl (C=O) groups excluding carboxylic acids is 2. The van der Waals surface area contributed by atoms with Gasteiger partial charge >= 0.3 is 5.97 Å². The van der Waals surface area contributed by atoms with E-state index in [0.717, 1.165) is 0 Å². The van der Waals surface area contributed by atoms with Gasteiger partial charge in [-0.15, -0.1) is 0 Å². The molecule has 0 saturated heterocycles. The number of benzene rings is 1. The number of esters is 1. The molecule has 0 aliphatic rings. The molecule has 0 spiro atoms. The van der Waals surface area contributed by atoms with E-state index in [9.17, 15) is 9.59 Å². The highest BCUT2D eigenvalue weighted by atomic mass is 16.5. The molecule has 8 heteroatoms. The molecule has 3 rings (SSSR count). The van der Waals surface area contributed by atoms with E-state index in [1.54, 1.807) is 58.2 Å². The number of nitrogens with zero attached hydrogens (tertiary/aromatic N) is 2. The summed E-state index contributed by atoms with van der Waals surface area (Å²) in [6, 6.07) is 6.90. The summed E-state index contributed by atoms with van der Waals surface area (Å²) in [5.74, 6) is 0.0273. The van der Waals surface area contributed by atoms with Crippen LogP contribution in [0, 0.1) is 13.8 Å². The summed E-state index contributed by atoms with van der Waals surface area (Å²) in [6.07, 6.45) is 4.33. The molecule has 1 aromatic carbocycles. The van der Waals surface area contributed by atoms with Crippen molar-refractivity contribution in [3.8, 4) is 11.6 Å². The molecule has 0 fully saturated rings. The summed E-state index contributed by atoms with van der Waals surface area (Å²) in [4.78, 5) is 36.0. The molecular weight excluding hydrogens is 372 g/mol. The number of carbonyl (C=O) groups is 2. The van der Waals surface area contributed by atoms with Crippen LogP contribution < -0.4 is 10.1 Å². The average Bonchev–Trinajstić information content (AvgIpc) is 2.96. The van der Waals surface area contributed by atoms with Gasteiger partial charge in [-0.1, -0.05) is 6.07 Å². The van der Waals surface area contributed by atoms with Crippen molar-refractivity contribution in [2.24, 2.45) is 0 Å². The number of hydrogen-bond acceptors (Lipinski definition) is 6. The molecule has 150 valence electrons. The van der Waals surface area contributed by atoms with Gasteiger partial charge in [0.1, 0.15) is 11.4 Å². The zero-order valence-electron chi connectivity index (χ0n) is 16.6. The summed E-state index contributed by atoms with van der Waals surface area (Å²) in [6.45, 7) is 7.00. The maximum absolute atomic E-state index is 12.8. The fourth-order valence-electron chi connectivity index (χ4n) is 2.85. The van der Waals surface area contributed by atoms with Crippen LogP contribution in [0.1, 0.15) is 46.0 Å². The van der Waals surface area contributed by atoms with E-state index in [1.165, 1.54) is 12.4 Å². The van der Waals surface area contributed by atoms with Crippen molar-refractivity contribution in [1.82, 2.24) is 15.0 Å². The fraction of sp³-hybridized carbons (Fsp3) is 0.238. The summed E-state index contributed by atoms with van der Waals surface area (Å²) < 4.78 is 10.9. The molecule has 3 aromatic rings. The van der Waals surface area contributed by atoms with Crippen LogP contribution in [0.3, 0.4) is 0 Å². The predicted molar refractivity (Wildman–Crippen MR) is 107 cm³/mol. The molecule has 0 radical (unpaired) electrons. The Bertz CT molecular complexity index is 1030. The van der Waals surface area contributed by atoms with E-state index < -0.39 is 5.97 Å². The van der Waals surface area contributed by atoms with Gasteiger partial charge < -0.3 is 19.8 Å². The van der Waals surface area contributed by atoms with Crippen molar-refractivity contribution in [3.05, 3.63) is 65.4 Å². The summed E-state index contributed by atoms with van der Waals surface area (Å²) in [5, 5.41) is 2.81. The van der Waals surface area contributed by atoms with E-state index in [1.807, 2.05) is 0 Å². The number of aromatic nitrogens is 3. The SMILES string of the molecule is Cc1[nH]c(C(=O)Nc2cccc(Oc3cnccn3)c2)c(C)c1C(=O)OC(C)C. The predicted octanol–water partition coefficient (Wildman–Crippen LogP) is 4.03. The fourth-order valence-corrected chi connectivity index (χ4v) is 2.85. The van der Waals surface area contributed by atoms with Crippen molar-refractivity contribution in [3.63, 3.8) is 0 Å². The number of anilines is 1. The standard InChI is InChI=1S/C21H22N4O4/c1-12(2)28-21(27)18-13(3)19(24-14(18)4)20(26)25-15-6-5-7-16(10-15)29-17-11-22-8-9-23-17/h5-12,24H,1-4H3,(H,25,26). The second-order valence-corrected chi connectivity index (χ2v) is 6.71. The van der Waals surface area contributed by atoms with Crippen LogP contribution in [0.4, 0.5) is 5.69 Å². The van der Waals surface area contributed by atoms with Crippen LogP contribution in [-0.2, 0) is 4.74 Å². The Labute approximate surface area is 168 Å². The highest BCUT2D eigenvalue weighted by Gasteiger charge is 2.23. The van der Waals surface area contributed by atoms with Gasteiger partial charge in [-0.3, -0.25) is 9.78 Å². The minimum Gasteiger partial charge on any atom is -0.459 e. The van der Waals surface area contributed by atoms with Gasteiger partial charge in [-0.25, -0.2) is 9.78 Å². The van der Waals surface area contributed by atoms with E-state index in [0.29, 0.717) is 39.8 Å². The lowest BCUT2D eigenvalue weighted by Gasteiger charge is -2.09. The first kappa shape index (κ1) is 20.1. The van der Waals surface area contributed by atoms with Crippen molar-refractivity contribution in [2.45, 2.75) is 33.8 Å². The first-order valence-corrected chi connectivity index (χ1v) is 9.10. The Hall–Kier alpha value is -3.68. The van der Waals surface area contributed by atoms with Gasteiger partial charge in [0.15, 0.2) is 0 Å². The summed E-state index contributed by atoms with van der Waals surface area (Å²) in [5.41, 5.74) is 2.34. The molecule has 0 bridgehead atoms. The zero-order chi connectivity index (χ0) is 21.0.